The molecule has 0 amide bonds. The van der Waals surface area contributed by atoms with Crippen molar-refractivity contribution in [2.24, 2.45) is 11.8 Å². The fraction of sp³-hybridized carbons (Fsp3) is 1.00. The van der Waals surface area contributed by atoms with Gasteiger partial charge in [0.1, 0.15) is 0 Å². The predicted molar refractivity (Wildman–Crippen MR) is 64.3 cm³/mol. The fourth-order valence-electron chi connectivity index (χ4n) is 3.05. The number of ether oxygens (including phenoxy) is 2. The van der Waals surface area contributed by atoms with E-state index in [-0.39, 0.29) is 17.8 Å². The lowest BCUT2D eigenvalue weighted by molar-refractivity contribution is -0.101. The number of rotatable bonds is 1. The summed E-state index contributed by atoms with van der Waals surface area (Å²) in [5.41, 5.74) is 0.0886. The standard InChI is InChI=1S/C12H22O2S/c1-8-6-15-7-9(2)12(8)5-11(13-4)10(3)14-12/h8-11H,5-7H2,1-4H3. The molecule has 4 unspecified atom stereocenters. The zero-order valence-electron chi connectivity index (χ0n) is 10.2. The van der Waals surface area contributed by atoms with Gasteiger partial charge >= 0.3 is 0 Å². The van der Waals surface area contributed by atoms with Crippen LogP contribution in [0, 0.1) is 11.8 Å². The minimum Gasteiger partial charge on any atom is -0.379 e. The van der Waals surface area contributed by atoms with Crippen LogP contribution in [0.15, 0.2) is 0 Å². The topological polar surface area (TPSA) is 18.5 Å². The van der Waals surface area contributed by atoms with E-state index in [0.29, 0.717) is 11.8 Å². The molecule has 2 fully saturated rings. The van der Waals surface area contributed by atoms with E-state index < -0.39 is 0 Å². The summed E-state index contributed by atoms with van der Waals surface area (Å²) in [4.78, 5) is 0. The van der Waals surface area contributed by atoms with Crippen molar-refractivity contribution in [1.29, 1.82) is 0 Å². The molecule has 2 aliphatic heterocycles. The molecule has 2 rings (SSSR count). The molecular formula is C12H22O2S. The van der Waals surface area contributed by atoms with Crippen molar-refractivity contribution >= 4 is 11.8 Å². The van der Waals surface area contributed by atoms with Gasteiger partial charge in [-0.1, -0.05) is 13.8 Å². The molecule has 0 aromatic rings. The van der Waals surface area contributed by atoms with Crippen molar-refractivity contribution in [1.82, 2.24) is 0 Å². The minimum absolute atomic E-state index is 0.0886. The highest BCUT2D eigenvalue weighted by molar-refractivity contribution is 7.99. The summed E-state index contributed by atoms with van der Waals surface area (Å²) in [5.74, 6) is 3.75. The molecule has 1 spiro atoms. The molecule has 0 saturated carbocycles. The zero-order chi connectivity index (χ0) is 11.1. The molecule has 0 bridgehead atoms. The molecule has 0 aromatic heterocycles. The molecule has 2 saturated heterocycles. The van der Waals surface area contributed by atoms with Crippen LogP contribution in [0.3, 0.4) is 0 Å². The van der Waals surface area contributed by atoms with E-state index in [1.165, 1.54) is 11.5 Å². The summed E-state index contributed by atoms with van der Waals surface area (Å²) in [7, 11) is 1.80. The Labute approximate surface area is 97.1 Å². The fourth-order valence-corrected chi connectivity index (χ4v) is 4.46. The Morgan fingerprint density at radius 2 is 1.80 bits per heavy atom. The van der Waals surface area contributed by atoms with Gasteiger partial charge in [0.2, 0.25) is 0 Å². The summed E-state index contributed by atoms with van der Waals surface area (Å²) >= 11 is 2.06. The van der Waals surface area contributed by atoms with Crippen molar-refractivity contribution in [2.75, 3.05) is 18.6 Å². The zero-order valence-corrected chi connectivity index (χ0v) is 11.0. The first kappa shape index (κ1) is 11.7. The molecular weight excluding hydrogens is 208 g/mol. The van der Waals surface area contributed by atoms with E-state index in [1.54, 1.807) is 7.11 Å². The highest BCUT2D eigenvalue weighted by Gasteiger charge is 2.52. The molecule has 0 radical (unpaired) electrons. The van der Waals surface area contributed by atoms with Crippen LogP contribution in [0.5, 0.6) is 0 Å². The summed E-state index contributed by atoms with van der Waals surface area (Å²) in [6.07, 6.45) is 1.62. The van der Waals surface area contributed by atoms with Gasteiger partial charge in [-0.05, 0) is 30.3 Å². The second kappa shape index (κ2) is 4.27. The molecule has 0 aromatic carbocycles. The number of thioether (sulfide) groups is 1. The van der Waals surface area contributed by atoms with Gasteiger partial charge in [0.05, 0.1) is 17.8 Å². The Kier molecular flexibility index (Phi) is 3.34. The molecule has 2 nitrogen and oxygen atoms in total. The van der Waals surface area contributed by atoms with Gasteiger partial charge in [-0.2, -0.15) is 11.8 Å². The van der Waals surface area contributed by atoms with E-state index in [4.69, 9.17) is 9.47 Å². The average molecular weight is 230 g/mol. The van der Waals surface area contributed by atoms with Crippen LogP contribution in [0.1, 0.15) is 27.2 Å². The highest BCUT2D eigenvalue weighted by Crippen LogP contribution is 2.48. The largest absolute Gasteiger partial charge is 0.379 e. The van der Waals surface area contributed by atoms with E-state index in [2.05, 4.69) is 32.5 Å². The van der Waals surface area contributed by atoms with Crippen molar-refractivity contribution in [2.45, 2.75) is 45.0 Å². The third kappa shape index (κ3) is 1.83. The summed E-state index contributed by atoms with van der Waals surface area (Å²) in [5, 5.41) is 0. The lowest BCUT2D eigenvalue weighted by atomic mass is 9.77. The predicted octanol–water partition coefficient (Wildman–Crippen LogP) is 2.57. The second-order valence-electron chi connectivity index (χ2n) is 5.10. The second-order valence-corrected chi connectivity index (χ2v) is 6.17. The minimum atomic E-state index is 0.0886. The van der Waals surface area contributed by atoms with Crippen molar-refractivity contribution in [3.05, 3.63) is 0 Å². The Morgan fingerprint density at radius 1 is 1.20 bits per heavy atom. The maximum atomic E-state index is 6.28. The van der Waals surface area contributed by atoms with Crippen LogP contribution in [-0.4, -0.2) is 36.4 Å². The van der Waals surface area contributed by atoms with Crippen LogP contribution in [0.4, 0.5) is 0 Å². The molecule has 88 valence electrons. The first-order valence-electron chi connectivity index (χ1n) is 5.88. The molecule has 4 atom stereocenters. The van der Waals surface area contributed by atoms with Crippen LogP contribution in [0.2, 0.25) is 0 Å². The van der Waals surface area contributed by atoms with E-state index in [1.807, 2.05) is 0 Å². The Hall–Kier alpha value is 0.270. The third-order valence-electron chi connectivity index (χ3n) is 4.16. The van der Waals surface area contributed by atoms with Crippen molar-refractivity contribution in [3.8, 4) is 0 Å². The van der Waals surface area contributed by atoms with Crippen molar-refractivity contribution < 1.29 is 9.47 Å². The smallest absolute Gasteiger partial charge is 0.0858 e. The summed E-state index contributed by atoms with van der Waals surface area (Å²) < 4.78 is 11.8. The SMILES string of the molecule is COC1CC2(OC1C)C(C)CSCC2C. The first-order valence-corrected chi connectivity index (χ1v) is 7.04. The number of methoxy groups -OCH3 is 1. The summed E-state index contributed by atoms with van der Waals surface area (Å²) in [6.45, 7) is 6.80. The Morgan fingerprint density at radius 3 is 2.27 bits per heavy atom. The van der Waals surface area contributed by atoms with Gasteiger partial charge in [-0.25, -0.2) is 0 Å². The molecule has 0 aliphatic carbocycles. The van der Waals surface area contributed by atoms with Gasteiger partial charge in [0, 0.05) is 13.5 Å². The van der Waals surface area contributed by atoms with E-state index >= 15 is 0 Å². The van der Waals surface area contributed by atoms with Gasteiger partial charge in [-0.3, -0.25) is 0 Å². The monoisotopic (exact) mass is 230 g/mol. The van der Waals surface area contributed by atoms with Crippen LogP contribution >= 0.6 is 11.8 Å². The van der Waals surface area contributed by atoms with E-state index in [9.17, 15) is 0 Å². The normalized spacial score (nSPS) is 51.2. The highest BCUT2D eigenvalue weighted by atomic mass is 32.2. The average Bonchev–Trinajstić information content (AvgIpc) is 2.54. The van der Waals surface area contributed by atoms with Crippen LogP contribution in [-0.2, 0) is 9.47 Å². The van der Waals surface area contributed by atoms with Gasteiger partial charge in [-0.15, -0.1) is 0 Å². The lowest BCUT2D eigenvalue weighted by Crippen LogP contribution is -2.48. The first-order chi connectivity index (χ1) is 7.10. The molecule has 2 aliphatic rings. The van der Waals surface area contributed by atoms with Crippen molar-refractivity contribution in [3.63, 3.8) is 0 Å². The van der Waals surface area contributed by atoms with Crippen LogP contribution in [0.25, 0.3) is 0 Å². The number of hydrogen-bond acceptors (Lipinski definition) is 3. The lowest BCUT2D eigenvalue weighted by Gasteiger charge is -2.43. The quantitative estimate of drug-likeness (QED) is 0.690. The van der Waals surface area contributed by atoms with E-state index in [0.717, 1.165) is 6.42 Å². The Bertz CT molecular complexity index is 222. The maximum absolute atomic E-state index is 6.28. The molecule has 15 heavy (non-hydrogen) atoms. The Balaban J connectivity index is 2.18. The molecule has 0 N–H and O–H groups in total. The maximum Gasteiger partial charge on any atom is 0.0858 e. The summed E-state index contributed by atoms with van der Waals surface area (Å²) in [6, 6.07) is 0. The third-order valence-corrected chi connectivity index (χ3v) is 5.63. The van der Waals surface area contributed by atoms with Gasteiger partial charge in [0.15, 0.2) is 0 Å². The van der Waals surface area contributed by atoms with Crippen LogP contribution < -0.4 is 0 Å². The number of hydrogen-bond donors (Lipinski definition) is 0. The van der Waals surface area contributed by atoms with Gasteiger partial charge in [0.25, 0.3) is 0 Å². The molecule has 3 heteroatoms. The van der Waals surface area contributed by atoms with Gasteiger partial charge < -0.3 is 9.47 Å². The molecule has 2 heterocycles.